The Balaban J connectivity index is 2.43. The summed E-state index contributed by atoms with van der Waals surface area (Å²) in [6.07, 6.45) is 4.07. The molecule has 0 bridgehead atoms. The second-order valence-electron chi connectivity index (χ2n) is 4.22. The van der Waals surface area contributed by atoms with E-state index in [-0.39, 0.29) is 12.5 Å². The van der Waals surface area contributed by atoms with E-state index >= 15 is 0 Å². The van der Waals surface area contributed by atoms with Crippen molar-refractivity contribution in [3.8, 4) is 0 Å². The van der Waals surface area contributed by atoms with E-state index < -0.39 is 0 Å². The van der Waals surface area contributed by atoms with Crippen LogP contribution in [0.25, 0.3) is 0 Å². The molecule has 0 aliphatic carbocycles. The molecule has 3 nitrogen and oxygen atoms in total. The van der Waals surface area contributed by atoms with Gasteiger partial charge in [-0.25, -0.2) is 0 Å². The Bertz CT molecular complexity index is 369. The van der Waals surface area contributed by atoms with E-state index in [1.165, 1.54) is 0 Å². The summed E-state index contributed by atoms with van der Waals surface area (Å²) in [5.74, 6) is 0.0651. The molecule has 0 spiro atoms. The summed E-state index contributed by atoms with van der Waals surface area (Å²) in [5, 5.41) is 12.6. The fourth-order valence-corrected chi connectivity index (χ4v) is 2.09. The van der Waals surface area contributed by atoms with Crippen LogP contribution in [-0.2, 0) is 11.2 Å². The molecule has 18 heavy (non-hydrogen) atoms. The number of rotatable bonds is 8. The number of carbonyl (C=O) groups excluding carboxylic acids is 1. The second kappa shape index (κ2) is 9.11. The van der Waals surface area contributed by atoms with Crippen LogP contribution in [0.1, 0.15) is 31.2 Å². The molecule has 0 aliphatic heterocycles. The Morgan fingerprint density at radius 2 is 2.11 bits per heavy atom. The summed E-state index contributed by atoms with van der Waals surface area (Å²) in [6.45, 7) is 0.198. The molecule has 0 aromatic heterocycles. The largest absolute Gasteiger partial charge is 0.396 e. The van der Waals surface area contributed by atoms with Crippen molar-refractivity contribution in [2.24, 2.45) is 0 Å². The summed E-state index contributed by atoms with van der Waals surface area (Å²) in [6, 6.07) is 7.81. The Labute approximate surface area is 117 Å². The predicted molar refractivity (Wildman–Crippen MR) is 78.1 cm³/mol. The van der Waals surface area contributed by atoms with E-state index in [4.69, 9.17) is 5.11 Å². The maximum Gasteiger partial charge on any atom is 0.224 e. The third-order valence-corrected chi connectivity index (χ3v) is 3.18. The highest BCUT2D eigenvalue weighted by atomic mass is 79.9. The summed E-state index contributed by atoms with van der Waals surface area (Å²) < 4.78 is 0. The Morgan fingerprint density at radius 1 is 1.28 bits per heavy atom. The van der Waals surface area contributed by atoms with Crippen LogP contribution in [0.3, 0.4) is 0 Å². The van der Waals surface area contributed by atoms with Crippen LogP contribution in [0.2, 0.25) is 0 Å². The van der Waals surface area contributed by atoms with Crippen molar-refractivity contribution in [3.05, 3.63) is 29.8 Å². The molecule has 0 saturated heterocycles. The van der Waals surface area contributed by atoms with E-state index in [9.17, 15) is 4.79 Å². The van der Waals surface area contributed by atoms with Crippen molar-refractivity contribution >= 4 is 27.5 Å². The quantitative estimate of drug-likeness (QED) is 0.572. The van der Waals surface area contributed by atoms with Crippen molar-refractivity contribution in [2.45, 2.75) is 32.1 Å². The number of nitrogens with one attached hydrogen (secondary N) is 1. The van der Waals surface area contributed by atoms with E-state index in [2.05, 4.69) is 21.2 Å². The summed E-state index contributed by atoms with van der Waals surface area (Å²) in [7, 11) is 0. The topological polar surface area (TPSA) is 49.3 Å². The average molecular weight is 314 g/mol. The molecule has 0 radical (unpaired) electrons. The lowest BCUT2D eigenvalue weighted by molar-refractivity contribution is -0.116. The van der Waals surface area contributed by atoms with Gasteiger partial charge in [-0.1, -0.05) is 28.1 Å². The first-order valence-corrected chi connectivity index (χ1v) is 7.44. The van der Waals surface area contributed by atoms with Gasteiger partial charge in [-0.3, -0.25) is 4.79 Å². The summed E-state index contributed by atoms with van der Waals surface area (Å²) >= 11 is 3.35. The van der Waals surface area contributed by atoms with Crippen LogP contribution in [0.5, 0.6) is 0 Å². The minimum absolute atomic E-state index is 0.0651. The highest BCUT2D eigenvalue weighted by molar-refractivity contribution is 9.09. The molecule has 0 fully saturated rings. The predicted octanol–water partition coefficient (Wildman–Crippen LogP) is 3.12. The number of anilines is 1. The number of aliphatic hydroxyl groups excluding tert-OH is 1. The van der Waals surface area contributed by atoms with Gasteiger partial charge in [0, 0.05) is 24.0 Å². The van der Waals surface area contributed by atoms with Crippen LogP contribution < -0.4 is 5.32 Å². The summed E-state index contributed by atoms with van der Waals surface area (Å²) in [4.78, 5) is 11.6. The molecule has 1 rings (SSSR count). The van der Waals surface area contributed by atoms with Crippen LogP contribution in [0, 0.1) is 0 Å². The molecule has 100 valence electrons. The molecule has 0 atom stereocenters. The zero-order chi connectivity index (χ0) is 13.2. The normalized spacial score (nSPS) is 10.3. The summed E-state index contributed by atoms with van der Waals surface area (Å²) in [5.41, 5.74) is 1.98. The lowest BCUT2D eigenvalue weighted by Gasteiger charge is -2.07. The van der Waals surface area contributed by atoms with Crippen molar-refractivity contribution in [2.75, 3.05) is 17.3 Å². The maximum atomic E-state index is 11.6. The van der Waals surface area contributed by atoms with Gasteiger partial charge in [0.15, 0.2) is 0 Å². The zero-order valence-corrected chi connectivity index (χ0v) is 12.1. The molecule has 0 aliphatic rings. The van der Waals surface area contributed by atoms with Gasteiger partial charge in [0.1, 0.15) is 0 Å². The lowest BCUT2D eigenvalue weighted by Crippen LogP contribution is -2.11. The second-order valence-corrected chi connectivity index (χ2v) is 5.01. The highest BCUT2D eigenvalue weighted by Crippen LogP contribution is 2.13. The fourth-order valence-electron chi connectivity index (χ4n) is 1.69. The number of hydrogen-bond donors (Lipinski definition) is 2. The number of amides is 1. The van der Waals surface area contributed by atoms with Gasteiger partial charge < -0.3 is 10.4 Å². The number of carbonyl (C=O) groups is 1. The zero-order valence-electron chi connectivity index (χ0n) is 10.5. The fraction of sp³-hybridized carbons (Fsp3) is 0.500. The van der Waals surface area contributed by atoms with E-state index in [1.54, 1.807) is 0 Å². The van der Waals surface area contributed by atoms with Gasteiger partial charge in [-0.2, -0.15) is 0 Å². The van der Waals surface area contributed by atoms with Gasteiger partial charge in [-0.05, 0) is 43.4 Å². The van der Waals surface area contributed by atoms with E-state index in [0.717, 1.165) is 42.3 Å². The minimum atomic E-state index is 0.0651. The molecule has 1 amide bonds. The molecule has 4 heteroatoms. The SMILES string of the molecule is O=C(CCCCBr)Nc1cccc(CCCO)c1. The Morgan fingerprint density at radius 3 is 2.83 bits per heavy atom. The van der Waals surface area contributed by atoms with Crippen molar-refractivity contribution in [1.82, 2.24) is 0 Å². The Hall–Kier alpha value is -0.870. The first-order chi connectivity index (χ1) is 8.76. The molecule has 0 unspecified atom stereocenters. The average Bonchev–Trinajstić information content (AvgIpc) is 2.37. The third kappa shape index (κ3) is 6.17. The van der Waals surface area contributed by atoms with Gasteiger partial charge in [-0.15, -0.1) is 0 Å². The number of benzene rings is 1. The molecule has 2 N–H and O–H groups in total. The first kappa shape index (κ1) is 15.2. The molecular formula is C14H20BrNO2. The monoisotopic (exact) mass is 313 g/mol. The molecule has 1 aromatic carbocycles. The lowest BCUT2D eigenvalue weighted by atomic mass is 10.1. The number of aryl methyl sites for hydroxylation is 1. The van der Waals surface area contributed by atoms with Crippen molar-refractivity contribution < 1.29 is 9.90 Å². The van der Waals surface area contributed by atoms with Crippen LogP contribution >= 0.6 is 15.9 Å². The van der Waals surface area contributed by atoms with Crippen molar-refractivity contribution in [3.63, 3.8) is 0 Å². The first-order valence-electron chi connectivity index (χ1n) is 6.32. The number of unbranched alkanes of at least 4 members (excludes halogenated alkanes) is 1. The number of halogens is 1. The number of alkyl halides is 1. The minimum Gasteiger partial charge on any atom is -0.396 e. The van der Waals surface area contributed by atoms with Crippen LogP contribution in [0.4, 0.5) is 5.69 Å². The van der Waals surface area contributed by atoms with Gasteiger partial charge in [0.25, 0.3) is 0 Å². The number of aliphatic hydroxyl groups is 1. The van der Waals surface area contributed by atoms with Crippen LogP contribution in [-0.4, -0.2) is 23.0 Å². The van der Waals surface area contributed by atoms with E-state index in [1.807, 2.05) is 24.3 Å². The van der Waals surface area contributed by atoms with Gasteiger partial charge in [0.2, 0.25) is 5.91 Å². The van der Waals surface area contributed by atoms with E-state index in [0.29, 0.717) is 6.42 Å². The van der Waals surface area contributed by atoms with Crippen LogP contribution in [0.15, 0.2) is 24.3 Å². The molecule has 0 heterocycles. The Kier molecular flexibility index (Phi) is 7.69. The molecule has 0 saturated carbocycles. The third-order valence-electron chi connectivity index (χ3n) is 2.62. The van der Waals surface area contributed by atoms with Crippen molar-refractivity contribution in [1.29, 1.82) is 0 Å². The standard InChI is InChI=1S/C14H20BrNO2/c15-9-2-1-8-14(18)16-13-7-3-5-12(11-13)6-4-10-17/h3,5,7,11,17H,1-2,4,6,8-10H2,(H,16,18). The highest BCUT2D eigenvalue weighted by Gasteiger charge is 2.02. The molecule has 1 aromatic rings. The van der Waals surface area contributed by atoms with Gasteiger partial charge >= 0.3 is 0 Å². The van der Waals surface area contributed by atoms with Gasteiger partial charge in [0.05, 0.1) is 0 Å². The molecular weight excluding hydrogens is 294 g/mol. The maximum absolute atomic E-state index is 11.6. The number of hydrogen-bond acceptors (Lipinski definition) is 2. The smallest absolute Gasteiger partial charge is 0.224 e.